The molecule has 20 heavy (non-hydrogen) atoms. The topological polar surface area (TPSA) is 35.6 Å². The Labute approximate surface area is 119 Å². The monoisotopic (exact) mass is 279 g/mol. The van der Waals surface area contributed by atoms with Crippen molar-refractivity contribution >= 4 is 5.91 Å². The van der Waals surface area contributed by atoms with Crippen LogP contribution in [0.5, 0.6) is 0 Å². The van der Waals surface area contributed by atoms with Gasteiger partial charge in [0.2, 0.25) is 0 Å². The largest absolute Gasteiger partial charge is 0.340 e. The maximum absolute atomic E-state index is 13.3. The minimum Gasteiger partial charge on any atom is -0.340 e. The highest BCUT2D eigenvalue weighted by atomic mass is 19.1. The summed E-state index contributed by atoms with van der Waals surface area (Å²) in [6.45, 7) is 7.34. The molecule has 4 nitrogen and oxygen atoms in total. The molecule has 0 aliphatic carbocycles. The van der Waals surface area contributed by atoms with E-state index in [1.807, 2.05) is 0 Å². The summed E-state index contributed by atoms with van der Waals surface area (Å²) in [5, 5.41) is 3.30. The molecule has 1 amide bonds. The number of nitrogens with zero attached hydrogens (tertiary/aromatic N) is 2. The Morgan fingerprint density at radius 2 is 2.05 bits per heavy atom. The van der Waals surface area contributed by atoms with Crippen LogP contribution < -0.4 is 5.32 Å². The number of halogens is 1. The Morgan fingerprint density at radius 1 is 1.35 bits per heavy atom. The Bertz CT molecular complexity index is 452. The van der Waals surface area contributed by atoms with Gasteiger partial charge in [-0.15, -0.1) is 0 Å². The van der Waals surface area contributed by atoms with Crippen LogP contribution in [0.3, 0.4) is 0 Å². The molecule has 1 saturated heterocycles. The molecule has 0 spiro atoms. The van der Waals surface area contributed by atoms with Gasteiger partial charge in [-0.05, 0) is 30.7 Å². The van der Waals surface area contributed by atoms with Gasteiger partial charge in [0.25, 0.3) is 5.91 Å². The molecule has 1 aromatic rings. The Hall–Kier alpha value is -1.46. The fourth-order valence-corrected chi connectivity index (χ4v) is 2.41. The van der Waals surface area contributed by atoms with E-state index in [9.17, 15) is 9.18 Å². The normalized spacial score (nSPS) is 16.1. The molecule has 110 valence electrons. The van der Waals surface area contributed by atoms with E-state index >= 15 is 0 Å². The molecule has 1 aliphatic heterocycles. The second-order valence-corrected chi connectivity index (χ2v) is 5.34. The molecule has 0 saturated carbocycles. The average Bonchev–Trinajstić information content (AvgIpc) is 2.44. The lowest BCUT2D eigenvalue weighted by atomic mass is 10.1. The molecule has 1 aliphatic rings. The highest BCUT2D eigenvalue weighted by molar-refractivity contribution is 5.94. The number of hydrogen-bond acceptors (Lipinski definition) is 3. The van der Waals surface area contributed by atoms with Gasteiger partial charge in [0, 0.05) is 51.9 Å². The summed E-state index contributed by atoms with van der Waals surface area (Å²) in [5.74, 6) is -0.480. The quantitative estimate of drug-likeness (QED) is 0.897. The lowest BCUT2D eigenvalue weighted by Gasteiger charge is -2.29. The number of benzene rings is 1. The second-order valence-electron chi connectivity index (χ2n) is 5.34. The molecule has 5 heteroatoms. The van der Waals surface area contributed by atoms with Gasteiger partial charge < -0.3 is 10.2 Å². The highest BCUT2D eigenvalue weighted by Crippen LogP contribution is 2.10. The first-order chi connectivity index (χ1) is 9.56. The van der Waals surface area contributed by atoms with Crippen molar-refractivity contribution in [2.24, 2.45) is 0 Å². The Kier molecular flexibility index (Phi) is 5.09. The van der Waals surface area contributed by atoms with Crippen LogP contribution in [0.25, 0.3) is 0 Å². The standard InChI is InChI=1S/C15H22FN3O/c1-12-9-13(11-14(16)10-12)15(20)18(2)7-8-19-5-3-17-4-6-19/h9-11,17H,3-8H2,1-2H3. The van der Waals surface area contributed by atoms with Crippen LogP contribution in [-0.2, 0) is 0 Å². The van der Waals surface area contributed by atoms with E-state index in [1.54, 1.807) is 24.9 Å². The first kappa shape index (κ1) is 14.9. The van der Waals surface area contributed by atoms with E-state index in [0.29, 0.717) is 12.1 Å². The third-order valence-electron chi connectivity index (χ3n) is 3.60. The van der Waals surface area contributed by atoms with Crippen molar-refractivity contribution in [2.75, 3.05) is 46.3 Å². The number of likely N-dealkylation sites (N-methyl/N-ethyl adjacent to an activating group) is 1. The van der Waals surface area contributed by atoms with Crippen molar-refractivity contribution in [3.63, 3.8) is 0 Å². The molecule has 1 aromatic carbocycles. The molecule has 0 atom stereocenters. The van der Waals surface area contributed by atoms with Crippen molar-refractivity contribution in [3.8, 4) is 0 Å². The molecule has 0 radical (unpaired) electrons. The van der Waals surface area contributed by atoms with E-state index in [4.69, 9.17) is 0 Å². The van der Waals surface area contributed by atoms with Crippen molar-refractivity contribution in [3.05, 3.63) is 35.1 Å². The predicted molar refractivity (Wildman–Crippen MR) is 77.4 cm³/mol. The number of nitrogens with one attached hydrogen (secondary N) is 1. The van der Waals surface area contributed by atoms with Gasteiger partial charge >= 0.3 is 0 Å². The third-order valence-corrected chi connectivity index (χ3v) is 3.60. The summed E-state index contributed by atoms with van der Waals surface area (Å²) in [6.07, 6.45) is 0. The maximum Gasteiger partial charge on any atom is 0.253 e. The van der Waals surface area contributed by atoms with Crippen LogP contribution in [0, 0.1) is 12.7 Å². The van der Waals surface area contributed by atoms with E-state index in [1.165, 1.54) is 12.1 Å². The molecule has 0 aromatic heterocycles. The van der Waals surface area contributed by atoms with Gasteiger partial charge in [0.15, 0.2) is 0 Å². The molecule has 0 bridgehead atoms. The molecule has 2 rings (SSSR count). The van der Waals surface area contributed by atoms with Crippen molar-refractivity contribution in [2.45, 2.75) is 6.92 Å². The summed E-state index contributed by atoms with van der Waals surface area (Å²) in [6, 6.07) is 4.46. The van der Waals surface area contributed by atoms with Crippen LogP contribution >= 0.6 is 0 Å². The Morgan fingerprint density at radius 3 is 2.70 bits per heavy atom. The summed E-state index contributed by atoms with van der Waals surface area (Å²) >= 11 is 0. The van der Waals surface area contributed by atoms with E-state index < -0.39 is 0 Å². The molecule has 1 fully saturated rings. The number of piperazine rings is 1. The highest BCUT2D eigenvalue weighted by Gasteiger charge is 2.15. The Balaban J connectivity index is 1.90. The summed E-state index contributed by atoms with van der Waals surface area (Å²) in [7, 11) is 1.77. The van der Waals surface area contributed by atoms with E-state index in [-0.39, 0.29) is 11.7 Å². The second kappa shape index (κ2) is 6.81. The first-order valence-electron chi connectivity index (χ1n) is 7.02. The lowest BCUT2D eigenvalue weighted by molar-refractivity contribution is 0.0774. The van der Waals surface area contributed by atoms with Gasteiger partial charge in [-0.1, -0.05) is 0 Å². The SMILES string of the molecule is Cc1cc(F)cc(C(=O)N(C)CCN2CCNCC2)c1. The van der Waals surface area contributed by atoms with E-state index in [2.05, 4.69) is 10.2 Å². The number of amides is 1. The molecular formula is C15H22FN3O. The smallest absolute Gasteiger partial charge is 0.253 e. The molecule has 0 unspecified atom stereocenters. The van der Waals surface area contributed by atoms with Gasteiger partial charge in [-0.3, -0.25) is 9.69 Å². The predicted octanol–water partition coefficient (Wildman–Crippen LogP) is 1.11. The van der Waals surface area contributed by atoms with Gasteiger partial charge in [0.05, 0.1) is 0 Å². The number of hydrogen-bond donors (Lipinski definition) is 1. The summed E-state index contributed by atoms with van der Waals surface area (Å²) < 4.78 is 13.3. The number of carbonyl (C=O) groups is 1. The minimum atomic E-state index is -0.358. The van der Waals surface area contributed by atoms with Crippen LogP contribution in [0.1, 0.15) is 15.9 Å². The fourth-order valence-electron chi connectivity index (χ4n) is 2.41. The number of rotatable bonds is 4. The van der Waals surface area contributed by atoms with Gasteiger partial charge in [-0.25, -0.2) is 4.39 Å². The zero-order valence-electron chi connectivity index (χ0n) is 12.2. The molecule has 1 N–H and O–H groups in total. The van der Waals surface area contributed by atoms with Gasteiger partial charge in [0.1, 0.15) is 5.82 Å². The molecular weight excluding hydrogens is 257 g/mol. The van der Waals surface area contributed by atoms with Crippen molar-refractivity contribution in [1.82, 2.24) is 15.1 Å². The average molecular weight is 279 g/mol. The summed E-state index contributed by atoms with van der Waals surface area (Å²) in [5.41, 5.74) is 1.19. The zero-order valence-corrected chi connectivity index (χ0v) is 12.2. The van der Waals surface area contributed by atoms with Crippen LogP contribution in [-0.4, -0.2) is 62.0 Å². The third kappa shape index (κ3) is 4.02. The van der Waals surface area contributed by atoms with Gasteiger partial charge in [-0.2, -0.15) is 0 Å². The van der Waals surface area contributed by atoms with Crippen LogP contribution in [0.15, 0.2) is 18.2 Å². The summed E-state index contributed by atoms with van der Waals surface area (Å²) in [4.78, 5) is 16.2. The minimum absolute atomic E-state index is 0.122. The fraction of sp³-hybridized carbons (Fsp3) is 0.533. The van der Waals surface area contributed by atoms with E-state index in [0.717, 1.165) is 38.3 Å². The zero-order chi connectivity index (χ0) is 14.5. The van der Waals surface area contributed by atoms with Crippen molar-refractivity contribution in [1.29, 1.82) is 0 Å². The van der Waals surface area contributed by atoms with Crippen LogP contribution in [0.2, 0.25) is 0 Å². The molecule has 1 heterocycles. The van der Waals surface area contributed by atoms with Crippen molar-refractivity contribution < 1.29 is 9.18 Å². The number of carbonyl (C=O) groups excluding carboxylic acids is 1. The van der Waals surface area contributed by atoms with Crippen LogP contribution in [0.4, 0.5) is 4.39 Å². The maximum atomic E-state index is 13.3. The lowest BCUT2D eigenvalue weighted by Crippen LogP contribution is -2.46. The number of aryl methyl sites for hydroxylation is 1. The first-order valence-corrected chi connectivity index (χ1v) is 7.02.